The molecular weight excluding hydrogens is 324 g/mol. The van der Waals surface area contributed by atoms with Gasteiger partial charge in [-0.1, -0.05) is 12.0 Å². The van der Waals surface area contributed by atoms with Crippen molar-refractivity contribution >= 4 is 5.82 Å². The monoisotopic (exact) mass is 344 g/mol. The van der Waals surface area contributed by atoms with Gasteiger partial charge in [-0.05, 0) is 37.3 Å². The third-order valence-corrected chi connectivity index (χ3v) is 5.06. The average Bonchev–Trinajstić information content (AvgIpc) is 2.72. The van der Waals surface area contributed by atoms with Gasteiger partial charge in [-0.3, -0.25) is 4.90 Å². The Hall–Kier alpha value is -2.96. The molecular formula is C20H20N6. The predicted octanol–water partition coefficient (Wildman–Crippen LogP) is 1.84. The third kappa shape index (κ3) is 3.37. The van der Waals surface area contributed by atoms with Crippen LogP contribution in [0, 0.1) is 23.2 Å². The van der Waals surface area contributed by atoms with Crippen LogP contribution in [0.5, 0.6) is 0 Å². The zero-order valence-electron chi connectivity index (χ0n) is 14.5. The number of pyridine rings is 1. The molecule has 2 aromatic heterocycles. The summed E-state index contributed by atoms with van der Waals surface area (Å²) in [5, 5.41) is 9.29. The van der Waals surface area contributed by atoms with Crippen LogP contribution in [-0.2, 0) is 0 Å². The molecule has 2 aliphatic rings. The largest absolute Gasteiger partial charge is 0.351 e. The zero-order chi connectivity index (χ0) is 17.8. The second-order valence-electron chi connectivity index (χ2n) is 6.61. The van der Waals surface area contributed by atoms with Gasteiger partial charge in [0.15, 0.2) is 11.5 Å². The van der Waals surface area contributed by atoms with Crippen LogP contribution in [-0.4, -0.2) is 51.6 Å². The van der Waals surface area contributed by atoms with Crippen LogP contribution in [0.4, 0.5) is 5.82 Å². The van der Waals surface area contributed by atoms with E-state index in [1.165, 1.54) is 6.42 Å². The summed E-state index contributed by atoms with van der Waals surface area (Å²) < 4.78 is 0. The number of aromatic nitrogens is 3. The highest BCUT2D eigenvalue weighted by atomic mass is 15.3. The van der Waals surface area contributed by atoms with Crippen LogP contribution >= 0.6 is 0 Å². The molecule has 6 nitrogen and oxygen atoms in total. The average molecular weight is 344 g/mol. The Labute approximate surface area is 153 Å². The second-order valence-corrected chi connectivity index (χ2v) is 6.61. The molecule has 4 heterocycles. The molecule has 0 saturated carbocycles. The Kier molecular flexibility index (Phi) is 4.77. The summed E-state index contributed by atoms with van der Waals surface area (Å²) in [6.07, 6.45) is 8.43. The van der Waals surface area contributed by atoms with Gasteiger partial charge in [-0.2, -0.15) is 5.26 Å². The number of anilines is 1. The van der Waals surface area contributed by atoms with E-state index >= 15 is 0 Å². The van der Waals surface area contributed by atoms with Gasteiger partial charge in [-0.15, -0.1) is 0 Å². The zero-order valence-corrected chi connectivity index (χ0v) is 14.5. The van der Waals surface area contributed by atoms with Crippen molar-refractivity contribution in [2.75, 3.05) is 24.5 Å². The Bertz CT molecular complexity index is 863. The van der Waals surface area contributed by atoms with Gasteiger partial charge < -0.3 is 4.90 Å². The molecule has 6 heteroatoms. The highest BCUT2D eigenvalue weighted by Crippen LogP contribution is 2.28. The standard InChI is InChI=1S/C20H20N6/c21-14-19-20(24-11-10-23-19)25-12-13-26-17(5-3-6-18(26)15-25)8-7-16-4-1-2-9-22-16/h1-2,4,9-11,17-18H,3,5-6,12-13,15H2/t17?,18-/m1/s1. The second kappa shape index (κ2) is 7.51. The molecule has 0 radical (unpaired) electrons. The number of hydrogen-bond donors (Lipinski definition) is 0. The van der Waals surface area contributed by atoms with Gasteiger partial charge in [0.2, 0.25) is 0 Å². The van der Waals surface area contributed by atoms with E-state index in [1.54, 1.807) is 18.6 Å². The Morgan fingerprint density at radius 2 is 1.96 bits per heavy atom. The first kappa shape index (κ1) is 16.5. The Morgan fingerprint density at radius 1 is 1.04 bits per heavy atom. The summed E-state index contributed by atoms with van der Waals surface area (Å²) in [5.41, 5.74) is 1.23. The van der Waals surface area contributed by atoms with E-state index < -0.39 is 0 Å². The first-order chi connectivity index (χ1) is 12.8. The van der Waals surface area contributed by atoms with Crippen molar-refractivity contribution in [3.63, 3.8) is 0 Å². The lowest BCUT2D eigenvalue weighted by atomic mass is 9.93. The smallest absolute Gasteiger partial charge is 0.183 e. The summed E-state index contributed by atoms with van der Waals surface area (Å²) in [7, 11) is 0. The first-order valence-corrected chi connectivity index (χ1v) is 8.99. The molecule has 0 amide bonds. The normalized spacial score (nSPS) is 22.7. The van der Waals surface area contributed by atoms with Crippen molar-refractivity contribution in [1.82, 2.24) is 19.9 Å². The number of rotatable bonds is 1. The molecule has 2 fully saturated rings. The molecule has 0 aromatic carbocycles. The van der Waals surface area contributed by atoms with Crippen molar-refractivity contribution in [2.24, 2.45) is 0 Å². The number of hydrogen-bond acceptors (Lipinski definition) is 6. The molecule has 2 atom stereocenters. The SMILES string of the molecule is N#Cc1nccnc1N1CCN2C(C#Cc3ccccn3)CCC[C@@H]2C1. The van der Waals surface area contributed by atoms with E-state index in [-0.39, 0.29) is 6.04 Å². The third-order valence-electron chi connectivity index (χ3n) is 5.06. The minimum atomic E-state index is 0.273. The maximum absolute atomic E-state index is 9.29. The van der Waals surface area contributed by atoms with E-state index in [2.05, 4.69) is 42.7 Å². The molecule has 2 saturated heterocycles. The summed E-state index contributed by atoms with van der Waals surface area (Å²) in [5.74, 6) is 7.36. The molecule has 2 aromatic rings. The van der Waals surface area contributed by atoms with Crippen LogP contribution in [0.1, 0.15) is 30.7 Å². The maximum atomic E-state index is 9.29. The fraction of sp³-hybridized carbons (Fsp3) is 0.400. The van der Waals surface area contributed by atoms with Crippen LogP contribution in [0.25, 0.3) is 0 Å². The minimum absolute atomic E-state index is 0.273. The molecule has 0 aliphatic carbocycles. The molecule has 0 bridgehead atoms. The van der Waals surface area contributed by atoms with Crippen molar-refractivity contribution in [3.8, 4) is 17.9 Å². The lowest BCUT2D eigenvalue weighted by Gasteiger charge is -2.47. The van der Waals surface area contributed by atoms with Crippen molar-refractivity contribution in [2.45, 2.75) is 31.3 Å². The Morgan fingerprint density at radius 3 is 2.81 bits per heavy atom. The van der Waals surface area contributed by atoms with Crippen LogP contribution in [0.15, 0.2) is 36.8 Å². The fourth-order valence-electron chi connectivity index (χ4n) is 3.83. The minimum Gasteiger partial charge on any atom is -0.351 e. The summed E-state index contributed by atoms with van der Waals surface area (Å²) in [6.45, 7) is 2.63. The van der Waals surface area contributed by atoms with E-state index in [1.807, 2.05) is 18.2 Å². The molecule has 2 aliphatic heterocycles. The predicted molar refractivity (Wildman–Crippen MR) is 98.2 cm³/mol. The number of piperazine rings is 1. The summed E-state index contributed by atoms with van der Waals surface area (Å²) in [6, 6.07) is 8.68. The highest BCUT2D eigenvalue weighted by Gasteiger charge is 2.35. The maximum Gasteiger partial charge on any atom is 0.183 e. The molecule has 130 valence electrons. The van der Waals surface area contributed by atoms with E-state index in [0.29, 0.717) is 17.6 Å². The molecule has 0 N–H and O–H groups in total. The van der Waals surface area contributed by atoms with Gasteiger partial charge >= 0.3 is 0 Å². The Balaban J connectivity index is 1.49. The molecule has 4 rings (SSSR count). The molecule has 26 heavy (non-hydrogen) atoms. The molecule has 0 spiro atoms. The number of nitriles is 1. The number of nitrogens with zero attached hydrogens (tertiary/aromatic N) is 6. The van der Waals surface area contributed by atoms with E-state index in [0.717, 1.165) is 38.2 Å². The van der Waals surface area contributed by atoms with Gasteiger partial charge in [0.25, 0.3) is 0 Å². The lowest BCUT2D eigenvalue weighted by Crippen LogP contribution is -2.58. The van der Waals surface area contributed by atoms with Gasteiger partial charge in [-0.25, -0.2) is 15.0 Å². The fourth-order valence-corrected chi connectivity index (χ4v) is 3.83. The number of fused-ring (bicyclic) bond motifs is 1. The quantitative estimate of drug-likeness (QED) is 0.735. The van der Waals surface area contributed by atoms with Crippen molar-refractivity contribution < 1.29 is 0 Å². The summed E-state index contributed by atoms with van der Waals surface area (Å²) >= 11 is 0. The van der Waals surface area contributed by atoms with Crippen LogP contribution in [0.3, 0.4) is 0 Å². The summed E-state index contributed by atoms with van der Waals surface area (Å²) in [4.78, 5) is 17.5. The van der Waals surface area contributed by atoms with E-state index in [9.17, 15) is 5.26 Å². The van der Waals surface area contributed by atoms with Gasteiger partial charge in [0.1, 0.15) is 11.8 Å². The topological polar surface area (TPSA) is 68.9 Å². The first-order valence-electron chi connectivity index (χ1n) is 8.99. The van der Waals surface area contributed by atoms with Crippen LogP contribution < -0.4 is 4.90 Å². The number of piperidine rings is 1. The van der Waals surface area contributed by atoms with Gasteiger partial charge in [0.05, 0.1) is 6.04 Å². The van der Waals surface area contributed by atoms with Gasteiger partial charge in [0, 0.05) is 44.3 Å². The highest BCUT2D eigenvalue weighted by molar-refractivity contribution is 5.50. The lowest BCUT2D eigenvalue weighted by molar-refractivity contribution is 0.100. The molecule has 1 unspecified atom stereocenters. The van der Waals surface area contributed by atoms with E-state index in [4.69, 9.17) is 0 Å². The van der Waals surface area contributed by atoms with Crippen molar-refractivity contribution in [3.05, 3.63) is 48.2 Å². The van der Waals surface area contributed by atoms with Crippen molar-refractivity contribution in [1.29, 1.82) is 5.26 Å². The van der Waals surface area contributed by atoms with Crippen LogP contribution in [0.2, 0.25) is 0 Å².